The molecule has 1 heterocycles. The second-order valence-electron chi connectivity index (χ2n) is 5.95. The molecule has 2 aromatic carbocycles. The number of hydrogen-bond donors (Lipinski definition) is 1. The van der Waals surface area contributed by atoms with Crippen LogP contribution < -0.4 is 4.90 Å². The first-order valence-corrected chi connectivity index (χ1v) is 7.77. The molecular weight excluding hydrogens is 258 g/mol. The Morgan fingerprint density at radius 3 is 2.52 bits per heavy atom. The Labute approximate surface area is 127 Å². The van der Waals surface area contributed by atoms with E-state index >= 15 is 0 Å². The number of benzene rings is 2. The van der Waals surface area contributed by atoms with Gasteiger partial charge in [-0.25, -0.2) is 0 Å². The summed E-state index contributed by atoms with van der Waals surface area (Å²) in [6.45, 7) is 3.23. The van der Waals surface area contributed by atoms with Gasteiger partial charge in [0.15, 0.2) is 0 Å². The SMILES string of the molecule is CCc1ccc(CC(O)c2ccc3c(c2)CCN3C)cc1. The van der Waals surface area contributed by atoms with Crippen molar-refractivity contribution in [3.63, 3.8) is 0 Å². The molecule has 0 aromatic heterocycles. The summed E-state index contributed by atoms with van der Waals surface area (Å²) in [4.78, 5) is 2.27. The molecule has 1 unspecified atom stereocenters. The molecule has 1 atom stereocenters. The molecule has 2 nitrogen and oxygen atoms in total. The van der Waals surface area contributed by atoms with E-state index in [0.29, 0.717) is 6.42 Å². The van der Waals surface area contributed by atoms with E-state index in [1.807, 2.05) is 0 Å². The maximum absolute atomic E-state index is 10.5. The van der Waals surface area contributed by atoms with Crippen LogP contribution in [-0.4, -0.2) is 18.7 Å². The lowest BCUT2D eigenvalue weighted by Crippen LogP contribution is -2.12. The second kappa shape index (κ2) is 5.90. The highest BCUT2D eigenvalue weighted by molar-refractivity contribution is 5.58. The smallest absolute Gasteiger partial charge is 0.0830 e. The summed E-state index contributed by atoms with van der Waals surface area (Å²) in [6, 6.07) is 14.9. The molecule has 110 valence electrons. The third kappa shape index (κ3) is 2.96. The standard InChI is InChI=1S/C19H23NO/c1-3-14-4-6-15(7-5-14)12-19(21)17-8-9-18-16(13-17)10-11-20(18)2/h4-9,13,19,21H,3,10-12H2,1-2H3. The zero-order chi connectivity index (χ0) is 14.8. The van der Waals surface area contributed by atoms with Gasteiger partial charge < -0.3 is 10.0 Å². The molecule has 2 aromatic rings. The Balaban J connectivity index is 1.74. The highest BCUT2D eigenvalue weighted by Crippen LogP contribution is 2.30. The van der Waals surface area contributed by atoms with E-state index in [4.69, 9.17) is 0 Å². The fourth-order valence-corrected chi connectivity index (χ4v) is 3.05. The molecule has 0 aliphatic carbocycles. The van der Waals surface area contributed by atoms with Crippen molar-refractivity contribution in [1.82, 2.24) is 0 Å². The third-order valence-corrected chi connectivity index (χ3v) is 4.48. The minimum absolute atomic E-state index is 0.423. The number of nitrogens with zero attached hydrogens (tertiary/aromatic N) is 1. The summed E-state index contributed by atoms with van der Waals surface area (Å²) in [6.07, 6.45) is 2.39. The minimum atomic E-state index is -0.423. The van der Waals surface area contributed by atoms with E-state index < -0.39 is 6.10 Å². The van der Waals surface area contributed by atoms with Gasteiger partial charge in [-0.2, -0.15) is 0 Å². The first-order valence-electron chi connectivity index (χ1n) is 7.77. The normalized spacial score (nSPS) is 15.1. The van der Waals surface area contributed by atoms with Crippen LogP contribution in [0.5, 0.6) is 0 Å². The van der Waals surface area contributed by atoms with E-state index in [2.05, 4.69) is 61.3 Å². The number of rotatable bonds is 4. The molecule has 0 saturated heterocycles. The van der Waals surface area contributed by atoms with Crippen LogP contribution in [0.25, 0.3) is 0 Å². The quantitative estimate of drug-likeness (QED) is 0.927. The number of aryl methyl sites for hydroxylation is 1. The highest BCUT2D eigenvalue weighted by Gasteiger charge is 2.17. The van der Waals surface area contributed by atoms with E-state index in [9.17, 15) is 5.11 Å². The second-order valence-corrected chi connectivity index (χ2v) is 5.95. The first kappa shape index (κ1) is 14.2. The molecule has 1 aliphatic heterocycles. The van der Waals surface area contributed by atoms with Gasteiger partial charge in [0, 0.05) is 25.7 Å². The van der Waals surface area contributed by atoms with Gasteiger partial charge in [0.1, 0.15) is 0 Å². The number of hydrogen-bond acceptors (Lipinski definition) is 2. The van der Waals surface area contributed by atoms with Crippen LogP contribution in [0.2, 0.25) is 0 Å². The number of anilines is 1. The summed E-state index contributed by atoms with van der Waals surface area (Å²) in [5.74, 6) is 0. The van der Waals surface area contributed by atoms with Crippen LogP contribution >= 0.6 is 0 Å². The molecule has 0 fully saturated rings. The molecule has 1 aliphatic rings. The Bertz CT molecular complexity index is 618. The summed E-state index contributed by atoms with van der Waals surface area (Å²) in [5.41, 5.74) is 6.23. The summed E-state index contributed by atoms with van der Waals surface area (Å²) in [7, 11) is 2.12. The molecule has 0 saturated carbocycles. The Morgan fingerprint density at radius 2 is 1.81 bits per heavy atom. The van der Waals surface area contributed by atoms with Crippen LogP contribution in [0.1, 0.15) is 35.3 Å². The maximum Gasteiger partial charge on any atom is 0.0830 e. The molecule has 21 heavy (non-hydrogen) atoms. The Hall–Kier alpha value is -1.80. The predicted octanol–water partition coefficient (Wildman–Crippen LogP) is 3.52. The average molecular weight is 281 g/mol. The van der Waals surface area contributed by atoms with E-state index in [0.717, 1.165) is 24.9 Å². The molecule has 0 radical (unpaired) electrons. The van der Waals surface area contributed by atoms with Crippen molar-refractivity contribution in [2.45, 2.75) is 32.3 Å². The molecule has 0 spiro atoms. The van der Waals surface area contributed by atoms with Crippen LogP contribution in [0, 0.1) is 0 Å². The van der Waals surface area contributed by atoms with Crippen molar-refractivity contribution in [2.24, 2.45) is 0 Å². The number of aliphatic hydroxyl groups is 1. The topological polar surface area (TPSA) is 23.5 Å². The fraction of sp³-hybridized carbons (Fsp3) is 0.368. The largest absolute Gasteiger partial charge is 0.388 e. The monoisotopic (exact) mass is 281 g/mol. The highest BCUT2D eigenvalue weighted by atomic mass is 16.3. The van der Waals surface area contributed by atoms with Crippen molar-refractivity contribution in [3.05, 3.63) is 64.7 Å². The van der Waals surface area contributed by atoms with Gasteiger partial charge in [0.25, 0.3) is 0 Å². The van der Waals surface area contributed by atoms with Crippen LogP contribution in [0.3, 0.4) is 0 Å². The van der Waals surface area contributed by atoms with Gasteiger partial charge >= 0.3 is 0 Å². The van der Waals surface area contributed by atoms with Gasteiger partial charge in [-0.1, -0.05) is 43.3 Å². The summed E-state index contributed by atoms with van der Waals surface area (Å²) in [5, 5.41) is 10.5. The van der Waals surface area contributed by atoms with Gasteiger partial charge in [0.2, 0.25) is 0 Å². The number of aliphatic hydroxyl groups excluding tert-OH is 1. The fourth-order valence-electron chi connectivity index (χ4n) is 3.05. The molecule has 1 N–H and O–H groups in total. The van der Waals surface area contributed by atoms with Gasteiger partial charge in [0.05, 0.1) is 6.10 Å². The average Bonchev–Trinajstić information content (AvgIpc) is 2.89. The third-order valence-electron chi connectivity index (χ3n) is 4.48. The molecule has 3 rings (SSSR count). The maximum atomic E-state index is 10.5. The van der Waals surface area contributed by atoms with Crippen LogP contribution in [0.4, 0.5) is 5.69 Å². The van der Waals surface area contributed by atoms with Crippen LogP contribution in [0.15, 0.2) is 42.5 Å². The minimum Gasteiger partial charge on any atom is -0.388 e. The predicted molar refractivity (Wildman–Crippen MR) is 87.9 cm³/mol. The molecular formula is C19H23NO. The van der Waals surface area contributed by atoms with Gasteiger partial charge in [-0.3, -0.25) is 0 Å². The van der Waals surface area contributed by atoms with E-state index in [1.54, 1.807) is 0 Å². The van der Waals surface area contributed by atoms with E-state index in [1.165, 1.54) is 22.4 Å². The molecule has 2 heteroatoms. The molecule has 0 amide bonds. The van der Waals surface area contributed by atoms with Crippen molar-refractivity contribution >= 4 is 5.69 Å². The Morgan fingerprint density at radius 1 is 1.10 bits per heavy atom. The number of fused-ring (bicyclic) bond motifs is 1. The zero-order valence-electron chi connectivity index (χ0n) is 12.8. The van der Waals surface area contributed by atoms with Crippen LogP contribution in [-0.2, 0) is 19.3 Å². The Kier molecular flexibility index (Phi) is 3.98. The zero-order valence-corrected chi connectivity index (χ0v) is 12.8. The lowest BCUT2D eigenvalue weighted by atomic mass is 9.98. The summed E-state index contributed by atoms with van der Waals surface area (Å²) >= 11 is 0. The van der Waals surface area contributed by atoms with Crippen molar-refractivity contribution in [1.29, 1.82) is 0 Å². The first-order chi connectivity index (χ1) is 10.2. The van der Waals surface area contributed by atoms with Crippen molar-refractivity contribution in [2.75, 3.05) is 18.5 Å². The van der Waals surface area contributed by atoms with Crippen molar-refractivity contribution < 1.29 is 5.11 Å². The molecule has 0 bridgehead atoms. The van der Waals surface area contributed by atoms with Gasteiger partial charge in [-0.05, 0) is 41.2 Å². The lowest BCUT2D eigenvalue weighted by molar-refractivity contribution is 0.178. The van der Waals surface area contributed by atoms with E-state index in [-0.39, 0.29) is 0 Å². The van der Waals surface area contributed by atoms with Gasteiger partial charge in [-0.15, -0.1) is 0 Å². The lowest BCUT2D eigenvalue weighted by Gasteiger charge is -2.15. The van der Waals surface area contributed by atoms with Crippen molar-refractivity contribution in [3.8, 4) is 0 Å². The summed E-state index contributed by atoms with van der Waals surface area (Å²) < 4.78 is 0. The number of likely N-dealkylation sites (N-methyl/N-ethyl adjacent to an activating group) is 1.